The fourth-order valence-electron chi connectivity index (χ4n) is 2.81. The van der Waals surface area contributed by atoms with Gasteiger partial charge in [0.15, 0.2) is 0 Å². The van der Waals surface area contributed by atoms with Crippen molar-refractivity contribution in [1.29, 1.82) is 0 Å². The predicted octanol–water partition coefficient (Wildman–Crippen LogP) is 2.44. The van der Waals surface area contributed by atoms with Crippen molar-refractivity contribution in [3.8, 4) is 0 Å². The lowest BCUT2D eigenvalue weighted by atomic mass is 9.88. The average Bonchev–Trinajstić information content (AvgIpc) is 2.47. The van der Waals surface area contributed by atoms with E-state index in [4.69, 9.17) is 0 Å². The van der Waals surface area contributed by atoms with Gasteiger partial charge in [-0.15, -0.1) is 0 Å². The zero-order valence-electron chi connectivity index (χ0n) is 12.6. The normalized spacial score (nSPS) is 19.2. The van der Waals surface area contributed by atoms with Gasteiger partial charge in [0.1, 0.15) is 0 Å². The molecule has 0 saturated carbocycles. The number of hydrogen-bond acceptors (Lipinski definition) is 2. The fraction of sp³-hybridized carbons (Fsp3) is 0.588. The first-order chi connectivity index (χ1) is 9.70. The Morgan fingerprint density at radius 2 is 2.10 bits per heavy atom. The van der Waals surface area contributed by atoms with Crippen molar-refractivity contribution in [3.05, 3.63) is 35.4 Å². The molecule has 0 bridgehead atoms. The summed E-state index contributed by atoms with van der Waals surface area (Å²) >= 11 is 0. The molecule has 2 rings (SSSR count). The smallest absolute Gasteiger partial charge is 0.236 e. The third-order valence-corrected chi connectivity index (χ3v) is 4.06. The van der Waals surface area contributed by atoms with Crippen LogP contribution in [0.25, 0.3) is 0 Å². The highest BCUT2D eigenvalue weighted by Crippen LogP contribution is 2.21. The molecular formula is C17H26N2O. The number of unbranched alkanes of at least 4 members (excludes halogenated alkanes) is 1. The van der Waals surface area contributed by atoms with Crippen LogP contribution in [-0.2, 0) is 17.6 Å². The molecule has 3 nitrogen and oxygen atoms in total. The Morgan fingerprint density at radius 3 is 2.85 bits per heavy atom. The van der Waals surface area contributed by atoms with Crippen molar-refractivity contribution < 1.29 is 4.79 Å². The lowest BCUT2D eigenvalue weighted by molar-refractivity contribution is -0.122. The van der Waals surface area contributed by atoms with Crippen LogP contribution in [0.1, 0.15) is 44.2 Å². The van der Waals surface area contributed by atoms with Crippen LogP contribution >= 0.6 is 0 Å². The first-order valence-corrected chi connectivity index (χ1v) is 7.81. The maximum absolute atomic E-state index is 12.0. The third-order valence-electron chi connectivity index (χ3n) is 4.06. The Kier molecular flexibility index (Phi) is 5.60. The SMILES string of the molecule is CCCCNC(=O)C(C)NC1CCc2ccccc2C1. The summed E-state index contributed by atoms with van der Waals surface area (Å²) in [6.45, 7) is 4.88. The summed E-state index contributed by atoms with van der Waals surface area (Å²) in [5, 5.41) is 6.46. The maximum Gasteiger partial charge on any atom is 0.236 e. The van der Waals surface area contributed by atoms with E-state index in [1.165, 1.54) is 11.1 Å². The van der Waals surface area contributed by atoms with Gasteiger partial charge < -0.3 is 10.6 Å². The van der Waals surface area contributed by atoms with Crippen LogP contribution in [0, 0.1) is 0 Å². The molecule has 1 amide bonds. The molecule has 110 valence electrons. The summed E-state index contributed by atoms with van der Waals surface area (Å²) < 4.78 is 0. The van der Waals surface area contributed by atoms with Crippen LogP contribution in [0.15, 0.2) is 24.3 Å². The van der Waals surface area contributed by atoms with Crippen molar-refractivity contribution in [2.45, 2.75) is 58.0 Å². The van der Waals surface area contributed by atoms with Crippen LogP contribution < -0.4 is 10.6 Å². The molecule has 1 aromatic rings. The average molecular weight is 274 g/mol. The van der Waals surface area contributed by atoms with E-state index < -0.39 is 0 Å². The number of amides is 1. The van der Waals surface area contributed by atoms with Crippen molar-refractivity contribution in [2.24, 2.45) is 0 Å². The van der Waals surface area contributed by atoms with Gasteiger partial charge in [0.05, 0.1) is 6.04 Å². The number of carbonyl (C=O) groups is 1. The summed E-state index contributed by atoms with van der Waals surface area (Å²) in [4.78, 5) is 12.0. The minimum absolute atomic E-state index is 0.109. The Balaban J connectivity index is 1.81. The highest BCUT2D eigenvalue weighted by molar-refractivity contribution is 5.81. The van der Waals surface area contributed by atoms with Crippen LogP contribution in [0.4, 0.5) is 0 Å². The minimum atomic E-state index is -0.109. The molecule has 2 unspecified atom stereocenters. The number of hydrogen-bond donors (Lipinski definition) is 2. The van der Waals surface area contributed by atoms with E-state index in [1.54, 1.807) is 0 Å². The summed E-state index contributed by atoms with van der Waals surface area (Å²) in [7, 11) is 0. The van der Waals surface area contributed by atoms with E-state index in [-0.39, 0.29) is 11.9 Å². The van der Waals surface area contributed by atoms with Gasteiger partial charge in [0, 0.05) is 12.6 Å². The van der Waals surface area contributed by atoms with Gasteiger partial charge in [0.25, 0.3) is 0 Å². The number of aryl methyl sites for hydroxylation is 1. The molecule has 3 heteroatoms. The number of rotatable bonds is 6. The molecule has 20 heavy (non-hydrogen) atoms. The molecule has 0 heterocycles. The molecule has 0 aromatic heterocycles. The third kappa shape index (κ3) is 4.07. The highest BCUT2D eigenvalue weighted by atomic mass is 16.2. The summed E-state index contributed by atoms with van der Waals surface area (Å²) in [6.07, 6.45) is 5.42. The Hall–Kier alpha value is -1.35. The van der Waals surface area contributed by atoms with Crippen molar-refractivity contribution in [2.75, 3.05) is 6.54 Å². The minimum Gasteiger partial charge on any atom is -0.355 e. The molecule has 1 aliphatic rings. The van der Waals surface area contributed by atoms with Crippen LogP contribution in [-0.4, -0.2) is 24.5 Å². The van der Waals surface area contributed by atoms with Crippen molar-refractivity contribution in [3.63, 3.8) is 0 Å². The largest absolute Gasteiger partial charge is 0.355 e. The fourth-order valence-corrected chi connectivity index (χ4v) is 2.81. The van der Waals surface area contributed by atoms with Gasteiger partial charge in [-0.1, -0.05) is 37.6 Å². The molecule has 0 spiro atoms. The molecule has 1 aliphatic carbocycles. The second-order valence-electron chi connectivity index (χ2n) is 5.74. The molecule has 0 fully saturated rings. The highest BCUT2D eigenvalue weighted by Gasteiger charge is 2.21. The monoisotopic (exact) mass is 274 g/mol. The second-order valence-corrected chi connectivity index (χ2v) is 5.74. The molecule has 1 aromatic carbocycles. The van der Waals surface area contributed by atoms with Crippen molar-refractivity contribution in [1.82, 2.24) is 10.6 Å². The number of benzene rings is 1. The molecule has 2 atom stereocenters. The Morgan fingerprint density at radius 1 is 1.35 bits per heavy atom. The molecule has 0 saturated heterocycles. The number of carbonyl (C=O) groups excluding carboxylic acids is 1. The van der Waals surface area contributed by atoms with E-state index >= 15 is 0 Å². The molecular weight excluding hydrogens is 248 g/mol. The van der Waals surface area contributed by atoms with E-state index in [9.17, 15) is 4.79 Å². The Labute approximate surface area is 122 Å². The zero-order chi connectivity index (χ0) is 14.4. The molecule has 0 radical (unpaired) electrons. The van der Waals surface area contributed by atoms with Gasteiger partial charge in [-0.05, 0) is 43.7 Å². The first-order valence-electron chi connectivity index (χ1n) is 7.81. The molecule has 0 aliphatic heterocycles. The topological polar surface area (TPSA) is 41.1 Å². The van der Waals surface area contributed by atoms with Crippen molar-refractivity contribution >= 4 is 5.91 Å². The molecule has 2 N–H and O–H groups in total. The van der Waals surface area contributed by atoms with Gasteiger partial charge in [-0.3, -0.25) is 4.79 Å². The van der Waals surface area contributed by atoms with Gasteiger partial charge in [-0.2, -0.15) is 0 Å². The van der Waals surface area contributed by atoms with E-state index in [2.05, 4.69) is 41.8 Å². The summed E-state index contributed by atoms with van der Waals surface area (Å²) in [5.41, 5.74) is 2.89. The van der Waals surface area contributed by atoms with E-state index in [0.717, 1.165) is 38.6 Å². The van der Waals surface area contributed by atoms with E-state index in [1.807, 2.05) is 6.92 Å². The predicted molar refractivity (Wildman–Crippen MR) is 82.8 cm³/mol. The van der Waals surface area contributed by atoms with Crippen LogP contribution in [0.5, 0.6) is 0 Å². The summed E-state index contributed by atoms with van der Waals surface area (Å²) in [6, 6.07) is 8.93. The van der Waals surface area contributed by atoms with Crippen LogP contribution in [0.3, 0.4) is 0 Å². The zero-order valence-corrected chi connectivity index (χ0v) is 12.6. The number of fused-ring (bicyclic) bond motifs is 1. The van der Waals surface area contributed by atoms with Gasteiger partial charge in [0.2, 0.25) is 5.91 Å². The van der Waals surface area contributed by atoms with E-state index in [0.29, 0.717) is 6.04 Å². The first kappa shape index (κ1) is 15.0. The number of nitrogens with one attached hydrogen (secondary N) is 2. The van der Waals surface area contributed by atoms with Gasteiger partial charge >= 0.3 is 0 Å². The standard InChI is InChI=1S/C17H26N2O/c1-3-4-11-18-17(20)13(2)19-16-10-9-14-7-5-6-8-15(14)12-16/h5-8,13,16,19H,3-4,9-12H2,1-2H3,(H,18,20). The Bertz CT molecular complexity index is 444. The quantitative estimate of drug-likeness (QED) is 0.782. The van der Waals surface area contributed by atoms with Crippen LogP contribution in [0.2, 0.25) is 0 Å². The lowest BCUT2D eigenvalue weighted by Gasteiger charge is -2.28. The van der Waals surface area contributed by atoms with Gasteiger partial charge in [-0.25, -0.2) is 0 Å². The second kappa shape index (κ2) is 7.44. The lowest BCUT2D eigenvalue weighted by Crippen LogP contribution is -2.48. The summed E-state index contributed by atoms with van der Waals surface area (Å²) in [5.74, 6) is 0.123. The maximum atomic E-state index is 12.0.